The van der Waals surface area contributed by atoms with E-state index in [-0.39, 0.29) is 17.6 Å². The summed E-state index contributed by atoms with van der Waals surface area (Å²) in [6.45, 7) is 4.90. The SMILES string of the molecule is Cc1sc2ncnc(SCC(=O)Nc3ccc(N4CCCC4=O)cc3)c2c1C. The van der Waals surface area contributed by atoms with Crippen LogP contribution in [0.2, 0.25) is 0 Å². The van der Waals surface area contributed by atoms with Crippen LogP contribution >= 0.6 is 23.1 Å². The van der Waals surface area contributed by atoms with Crippen LogP contribution in [0.25, 0.3) is 10.2 Å². The van der Waals surface area contributed by atoms with Gasteiger partial charge >= 0.3 is 0 Å². The van der Waals surface area contributed by atoms with E-state index in [2.05, 4.69) is 29.1 Å². The average Bonchev–Trinajstić information content (AvgIpc) is 3.24. The second kappa shape index (κ2) is 7.89. The summed E-state index contributed by atoms with van der Waals surface area (Å²) in [6, 6.07) is 7.41. The van der Waals surface area contributed by atoms with Crippen molar-refractivity contribution in [2.75, 3.05) is 22.5 Å². The Morgan fingerprint density at radius 3 is 2.75 bits per heavy atom. The van der Waals surface area contributed by atoms with E-state index in [1.165, 1.54) is 22.2 Å². The van der Waals surface area contributed by atoms with Gasteiger partial charge < -0.3 is 10.2 Å². The van der Waals surface area contributed by atoms with Crippen molar-refractivity contribution in [1.29, 1.82) is 0 Å². The minimum atomic E-state index is -0.0913. The first-order valence-corrected chi connectivity index (χ1v) is 10.9. The van der Waals surface area contributed by atoms with E-state index in [1.807, 2.05) is 24.3 Å². The molecule has 0 spiro atoms. The van der Waals surface area contributed by atoms with E-state index in [4.69, 9.17) is 0 Å². The van der Waals surface area contributed by atoms with Crippen molar-refractivity contribution in [2.45, 2.75) is 31.7 Å². The topological polar surface area (TPSA) is 75.2 Å². The van der Waals surface area contributed by atoms with Gasteiger partial charge in [-0.15, -0.1) is 11.3 Å². The van der Waals surface area contributed by atoms with E-state index < -0.39 is 0 Å². The molecule has 1 aliphatic rings. The highest BCUT2D eigenvalue weighted by molar-refractivity contribution is 8.00. The number of anilines is 2. The number of aromatic nitrogens is 2. The van der Waals surface area contributed by atoms with Crippen LogP contribution in [0, 0.1) is 13.8 Å². The van der Waals surface area contributed by atoms with Crippen LogP contribution in [0.15, 0.2) is 35.6 Å². The maximum atomic E-state index is 12.4. The number of rotatable bonds is 5. The normalized spacial score (nSPS) is 14.1. The summed E-state index contributed by atoms with van der Waals surface area (Å²) in [4.78, 5) is 36.8. The number of nitrogens with zero attached hydrogens (tertiary/aromatic N) is 3. The summed E-state index contributed by atoms with van der Waals surface area (Å²) in [5.41, 5.74) is 2.77. The zero-order chi connectivity index (χ0) is 19.7. The van der Waals surface area contributed by atoms with Crippen molar-refractivity contribution < 1.29 is 9.59 Å². The van der Waals surface area contributed by atoms with Crippen LogP contribution in [0.3, 0.4) is 0 Å². The van der Waals surface area contributed by atoms with E-state index in [0.717, 1.165) is 39.6 Å². The minimum absolute atomic E-state index is 0.0913. The number of nitrogens with one attached hydrogen (secondary N) is 1. The molecule has 1 aromatic carbocycles. The van der Waals surface area contributed by atoms with Crippen molar-refractivity contribution in [3.05, 3.63) is 41.0 Å². The molecule has 4 rings (SSSR count). The molecule has 2 amide bonds. The molecule has 0 aliphatic carbocycles. The summed E-state index contributed by atoms with van der Waals surface area (Å²) < 4.78 is 0. The molecule has 1 saturated heterocycles. The van der Waals surface area contributed by atoms with Gasteiger partial charge in [-0.05, 0) is 50.1 Å². The molecule has 6 nitrogen and oxygen atoms in total. The minimum Gasteiger partial charge on any atom is -0.325 e. The third kappa shape index (κ3) is 3.74. The smallest absolute Gasteiger partial charge is 0.234 e. The molecule has 28 heavy (non-hydrogen) atoms. The fraction of sp³-hybridized carbons (Fsp3) is 0.300. The van der Waals surface area contributed by atoms with Crippen molar-refractivity contribution in [3.8, 4) is 0 Å². The number of thiophene rings is 1. The van der Waals surface area contributed by atoms with Crippen LogP contribution in [0.4, 0.5) is 11.4 Å². The first-order valence-electron chi connectivity index (χ1n) is 9.06. The van der Waals surface area contributed by atoms with Gasteiger partial charge in [-0.25, -0.2) is 9.97 Å². The zero-order valence-electron chi connectivity index (χ0n) is 15.7. The molecule has 1 fully saturated rings. The van der Waals surface area contributed by atoms with E-state index in [9.17, 15) is 9.59 Å². The summed E-state index contributed by atoms with van der Waals surface area (Å²) in [7, 11) is 0. The number of hydrogen-bond donors (Lipinski definition) is 1. The molecular formula is C20H20N4O2S2. The number of benzene rings is 1. The van der Waals surface area contributed by atoms with Crippen LogP contribution in [-0.2, 0) is 9.59 Å². The molecule has 8 heteroatoms. The van der Waals surface area contributed by atoms with Crippen molar-refractivity contribution >= 4 is 56.5 Å². The molecule has 3 aromatic rings. The third-order valence-corrected chi connectivity index (χ3v) is 6.91. The van der Waals surface area contributed by atoms with E-state index >= 15 is 0 Å². The van der Waals surface area contributed by atoms with Crippen LogP contribution in [0.5, 0.6) is 0 Å². The zero-order valence-corrected chi connectivity index (χ0v) is 17.3. The Morgan fingerprint density at radius 2 is 2.04 bits per heavy atom. The third-order valence-electron chi connectivity index (χ3n) is 4.81. The van der Waals surface area contributed by atoms with Gasteiger partial charge in [-0.2, -0.15) is 0 Å². The monoisotopic (exact) mass is 412 g/mol. The molecule has 0 saturated carbocycles. The quantitative estimate of drug-likeness (QED) is 0.503. The maximum Gasteiger partial charge on any atom is 0.234 e. The standard InChI is InChI=1S/C20H20N4O2S2/c1-12-13(2)28-20-18(12)19(21-11-22-20)27-10-16(25)23-14-5-7-15(8-6-14)24-9-3-4-17(24)26/h5-8,11H,3-4,9-10H2,1-2H3,(H,23,25). The molecule has 0 radical (unpaired) electrons. The molecule has 1 aliphatic heterocycles. The number of carbonyl (C=O) groups excluding carboxylic acids is 2. The highest BCUT2D eigenvalue weighted by Gasteiger charge is 2.21. The Balaban J connectivity index is 1.39. The second-order valence-corrected chi connectivity index (χ2v) is 8.84. The Bertz CT molecular complexity index is 1050. The molecule has 2 aromatic heterocycles. The lowest BCUT2D eigenvalue weighted by Gasteiger charge is -2.16. The van der Waals surface area contributed by atoms with Crippen molar-refractivity contribution in [2.24, 2.45) is 0 Å². The van der Waals surface area contributed by atoms with Gasteiger partial charge in [-0.3, -0.25) is 9.59 Å². The molecule has 0 bridgehead atoms. The maximum absolute atomic E-state index is 12.4. The Hall–Kier alpha value is -2.45. The first-order chi connectivity index (χ1) is 13.5. The Kier molecular flexibility index (Phi) is 5.32. The number of hydrogen-bond acceptors (Lipinski definition) is 6. The Morgan fingerprint density at radius 1 is 1.25 bits per heavy atom. The van der Waals surface area contributed by atoms with Gasteiger partial charge in [0, 0.05) is 34.6 Å². The highest BCUT2D eigenvalue weighted by atomic mass is 32.2. The molecule has 1 N–H and O–H groups in total. The summed E-state index contributed by atoms with van der Waals surface area (Å²) >= 11 is 3.07. The predicted octanol–water partition coefficient (Wildman–Crippen LogP) is 4.17. The van der Waals surface area contributed by atoms with Gasteiger partial charge in [-0.1, -0.05) is 11.8 Å². The fourth-order valence-electron chi connectivity index (χ4n) is 3.24. The first kappa shape index (κ1) is 18.9. The van der Waals surface area contributed by atoms with Gasteiger partial charge in [0.05, 0.1) is 5.75 Å². The van der Waals surface area contributed by atoms with Gasteiger partial charge in [0.2, 0.25) is 11.8 Å². The van der Waals surface area contributed by atoms with E-state index in [0.29, 0.717) is 6.42 Å². The molecule has 0 unspecified atom stereocenters. The summed E-state index contributed by atoms with van der Waals surface area (Å²) in [6.07, 6.45) is 3.06. The lowest BCUT2D eigenvalue weighted by Crippen LogP contribution is -2.23. The highest BCUT2D eigenvalue weighted by Crippen LogP contribution is 2.34. The molecule has 0 atom stereocenters. The molecule has 144 valence electrons. The Labute approximate surface area is 171 Å². The molecule has 3 heterocycles. The molecular weight excluding hydrogens is 392 g/mol. The predicted molar refractivity (Wildman–Crippen MR) is 114 cm³/mol. The summed E-state index contributed by atoms with van der Waals surface area (Å²) in [5, 5.41) is 4.79. The lowest BCUT2D eigenvalue weighted by molar-refractivity contribution is -0.117. The van der Waals surface area contributed by atoms with Gasteiger partial charge in [0.15, 0.2) is 0 Å². The van der Waals surface area contributed by atoms with Crippen LogP contribution in [0.1, 0.15) is 23.3 Å². The lowest BCUT2D eigenvalue weighted by atomic mass is 10.2. The van der Waals surface area contributed by atoms with Crippen LogP contribution in [-0.4, -0.2) is 34.1 Å². The number of amides is 2. The average molecular weight is 413 g/mol. The largest absolute Gasteiger partial charge is 0.325 e. The number of carbonyl (C=O) groups is 2. The number of fused-ring (bicyclic) bond motifs is 1. The van der Waals surface area contributed by atoms with Gasteiger partial charge in [0.25, 0.3) is 0 Å². The summed E-state index contributed by atoms with van der Waals surface area (Å²) in [5.74, 6) is 0.335. The van der Waals surface area contributed by atoms with E-state index in [1.54, 1.807) is 22.6 Å². The number of aryl methyl sites for hydroxylation is 2. The second-order valence-electron chi connectivity index (χ2n) is 6.67. The van der Waals surface area contributed by atoms with Crippen LogP contribution < -0.4 is 10.2 Å². The fourth-order valence-corrected chi connectivity index (χ4v) is 5.15. The number of thioether (sulfide) groups is 1. The van der Waals surface area contributed by atoms with Crippen molar-refractivity contribution in [3.63, 3.8) is 0 Å². The van der Waals surface area contributed by atoms with Gasteiger partial charge in [0.1, 0.15) is 16.2 Å². The van der Waals surface area contributed by atoms with Crippen molar-refractivity contribution in [1.82, 2.24) is 9.97 Å².